The number of hydrogen-bond acceptors (Lipinski definition) is 4. The van der Waals surface area contributed by atoms with Gasteiger partial charge in [-0.2, -0.15) is 5.26 Å². The van der Waals surface area contributed by atoms with Crippen LogP contribution in [0.15, 0.2) is 29.3 Å². The van der Waals surface area contributed by atoms with Gasteiger partial charge in [-0.15, -0.1) is 24.0 Å². The number of hydrogen-bond donors (Lipinski definition) is 2. The summed E-state index contributed by atoms with van der Waals surface area (Å²) in [6, 6.07) is 9.60. The summed E-state index contributed by atoms with van der Waals surface area (Å²) < 4.78 is 5.00. The van der Waals surface area contributed by atoms with Gasteiger partial charge in [0.1, 0.15) is 0 Å². The molecule has 1 amide bonds. The third-order valence-corrected chi connectivity index (χ3v) is 3.86. The van der Waals surface area contributed by atoms with Crippen molar-refractivity contribution in [3.05, 3.63) is 35.4 Å². The fourth-order valence-electron chi connectivity index (χ4n) is 2.59. The molecule has 2 rings (SSSR count). The first-order valence-corrected chi connectivity index (χ1v) is 8.09. The molecule has 1 aromatic rings. The molecule has 0 aliphatic carbocycles. The van der Waals surface area contributed by atoms with Crippen LogP contribution in [0, 0.1) is 11.3 Å². The number of guanidine groups is 1. The predicted molar refractivity (Wildman–Crippen MR) is 107 cm³/mol. The minimum atomic E-state index is -0.255. The second kappa shape index (κ2) is 10.8. The molecule has 1 aromatic carbocycles. The zero-order valence-corrected chi connectivity index (χ0v) is 16.6. The van der Waals surface area contributed by atoms with E-state index in [2.05, 4.69) is 16.4 Å². The van der Waals surface area contributed by atoms with Gasteiger partial charge >= 0.3 is 6.09 Å². The monoisotopic (exact) mass is 457 g/mol. The van der Waals surface area contributed by atoms with Gasteiger partial charge in [0.2, 0.25) is 0 Å². The molecule has 0 atom stereocenters. The van der Waals surface area contributed by atoms with Crippen LogP contribution in [0.25, 0.3) is 0 Å². The maximum Gasteiger partial charge on any atom is 0.409 e. The number of amides is 1. The lowest BCUT2D eigenvalue weighted by Gasteiger charge is -2.31. The molecule has 1 saturated heterocycles. The van der Waals surface area contributed by atoms with E-state index in [4.69, 9.17) is 15.7 Å². The van der Waals surface area contributed by atoms with Gasteiger partial charge in [0.05, 0.1) is 24.8 Å². The number of ether oxygens (including phenoxy) is 1. The van der Waals surface area contributed by atoms with Crippen LogP contribution < -0.4 is 11.1 Å². The molecule has 1 aliphatic heterocycles. The van der Waals surface area contributed by atoms with Crippen molar-refractivity contribution >= 4 is 36.0 Å². The lowest BCUT2D eigenvalue weighted by Crippen LogP contribution is -2.48. The Kier molecular flexibility index (Phi) is 9.05. The Labute approximate surface area is 165 Å². The molecule has 0 spiro atoms. The molecule has 0 unspecified atom stereocenters. The number of carbonyl (C=O) groups is 1. The van der Waals surface area contributed by atoms with Crippen LogP contribution in [0.5, 0.6) is 0 Å². The van der Waals surface area contributed by atoms with Crippen LogP contribution in [0.1, 0.15) is 30.9 Å². The number of nitrogens with one attached hydrogen (secondary N) is 1. The second-order valence-electron chi connectivity index (χ2n) is 5.62. The molecule has 1 heterocycles. The minimum absolute atomic E-state index is 0. The largest absolute Gasteiger partial charge is 0.450 e. The van der Waals surface area contributed by atoms with E-state index < -0.39 is 0 Å². The van der Waals surface area contributed by atoms with Crippen LogP contribution in [0.3, 0.4) is 0 Å². The Morgan fingerprint density at radius 3 is 2.84 bits per heavy atom. The van der Waals surface area contributed by atoms with Crippen molar-refractivity contribution in [2.75, 3.05) is 19.7 Å². The van der Waals surface area contributed by atoms with Gasteiger partial charge in [-0.25, -0.2) is 9.79 Å². The molecule has 1 fully saturated rings. The van der Waals surface area contributed by atoms with Crippen molar-refractivity contribution < 1.29 is 9.53 Å². The lowest BCUT2D eigenvalue weighted by molar-refractivity contribution is 0.0963. The molecule has 1 aliphatic rings. The van der Waals surface area contributed by atoms with E-state index in [0.717, 1.165) is 18.4 Å². The van der Waals surface area contributed by atoms with Crippen LogP contribution in [0.2, 0.25) is 0 Å². The molecule has 8 heteroatoms. The van der Waals surface area contributed by atoms with Crippen LogP contribution in [0.4, 0.5) is 4.79 Å². The van der Waals surface area contributed by atoms with Crippen molar-refractivity contribution in [2.24, 2.45) is 10.7 Å². The van der Waals surface area contributed by atoms with E-state index in [1.807, 2.05) is 12.1 Å². The zero-order valence-electron chi connectivity index (χ0n) is 14.3. The first-order chi connectivity index (χ1) is 11.6. The van der Waals surface area contributed by atoms with Crippen molar-refractivity contribution in [1.29, 1.82) is 5.26 Å². The Morgan fingerprint density at radius 2 is 2.20 bits per heavy atom. The molecule has 0 bridgehead atoms. The van der Waals surface area contributed by atoms with Gasteiger partial charge in [-0.05, 0) is 37.5 Å². The van der Waals surface area contributed by atoms with E-state index in [-0.39, 0.29) is 36.1 Å². The highest BCUT2D eigenvalue weighted by Gasteiger charge is 2.23. The summed E-state index contributed by atoms with van der Waals surface area (Å²) in [6.45, 7) is 3.91. The minimum Gasteiger partial charge on any atom is -0.450 e. The summed E-state index contributed by atoms with van der Waals surface area (Å²) in [5.74, 6) is 0.381. The second-order valence-corrected chi connectivity index (χ2v) is 5.62. The summed E-state index contributed by atoms with van der Waals surface area (Å²) in [4.78, 5) is 17.7. The van der Waals surface area contributed by atoms with E-state index in [1.165, 1.54) is 0 Å². The van der Waals surface area contributed by atoms with Gasteiger partial charge in [0, 0.05) is 19.1 Å². The third-order valence-electron chi connectivity index (χ3n) is 3.86. The Balaban J connectivity index is 0.00000312. The number of nitriles is 1. The number of nitrogens with zero attached hydrogens (tertiary/aromatic N) is 3. The SMILES string of the molecule is CCOC(=O)N1CCC(NC(N)=NCc2cccc(C#N)c2)CC1.I. The smallest absolute Gasteiger partial charge is 0.409 e. The topological polar surface area (TPSA) is 104 Å². The maximum atomic E-state index is 11.7. The van der Waals surface area contributed by atoms with Crippen molar-refractivity contribution in [2.45, 2.75) is 32.4 Å². The zero-order chi connectivity index (χ0) is 17.4. The molecule has 0 radical (unpaired) electrons. The average molecular weight is 457 g/mol. The third kappa shape index (κ3) is 6.78. The summed E-state index contributed by atoms with van der Waals surface area (Å²) in [5, 5.41) is 12.1. The highest BCUT2D eigenvalue weighted by Crippen LogP contribution is 2.11. The number of rotatable bonds is 4. The number of halogens is 1. The molecule has 7 nitrogen and oxygen atoms in total. The van der Waals surface area contributed by atoms with E-state index in [0.29, 0.717) is 37.8 Å². The highest BCUT2D eigenvalue weighted by molar-refractivity contribution is 14.0. The van der Waals surface area contributed by atoms with Gasteiger partial charge in [-0.1, -0.05) is 12.1 Å². The van der Waals surface area contributed by atoms with E-state index >= 15 is 0 Å². The molecule has 25 heavy (non-hydrogen) atoms. The fraction of sp³-hybridized carbons (Fsp3) is 0.471. The standard InChI is InChI=1S/C17H23N5O2.HI/c1-2-24-17(23)22-8-6-15(7-9-22)21-16(19)20-12-14-5-3-4-13(10-14)11-18;/h3-5,10,15H,2,6-9,12H2,1H3,(H3,19,20,21);1H. The van der Waals surface area contributed by atoms with Crippen molar-refractivity contribution in [1.82, 2.24) is 10.2 Å². The number of nitrogens with two attached hydrogens (primary N) is 1. The summed E-state index contributed by atoms with van der Waals surface area (Å²) in [5.41, 5.74) is 7.49. The van der Waals surface area contributed by atoms with Gasteiger partial charge in [0.15, 0.2) is 5.96 Å². The number of aliphatic imine (C=N–C) groups is 1. The van der Waals surface area contributed by atoms with Crippen molar-refractivity contribution in [3.8, 4) is 6.07 Å². The van der Waals surface area contributed by atoms with Crippen LogP contribution in [-0.4, -0.2) is 42.7 Å². The molecular weight excluding hydrogens is 433 g/mol. The maximum absolute atomic E-state index is 11.7. The summed E-state index contributed by atoms with van der Waals surface area (Å²) in [6.07, 6.45) is 1.35. The highest BCUT2D eigenvalue weighted by atomic mass is 127. The van der Waals surface area contributed by atoms with Crippen LogP contribution >= 0.6 is 24.0 Å². The lowest BCUT2D eigenvalue weighted by atomic mass is 10.1. The first kappa shape index (κ1) is 21.0. The Bertz CT molecular complexity index is 636. The predicted octanol–water partition coefficient (Wildman–Crippen LogP) is 2.20. The molecule has 136 valence electrons. The quantitative estimate of drug-likeness (QED) is 0.410. The van der Waals surface area contributed by atoms with Crippen LogP contribution in [-0.2, 0) is 11.3 Å². The fourth-order valence-corrected chi connectivity index (χ4v) is 2.59. The summed E-state index contributed by atoms with van der Waals surface area (Å²) >= 11 is 0. The van der Waals surface area contributed by atoms with E-state index in [1.54, 1.807) is 24.0 Å². The summed E-state index contributed by atoms with van der Waals surface area (Å²) in [7, 11) is 0. The Morgan fingerprint density at radius 1 is 1.48 bits per heavy atom. The van der Waals surface area contributed by atoms with E-state index in [9.17, 15) is 4.79 Å². The first-order valence-electron chi connectivity index (χ1n) is 8.09. The number of likely N-dealkylation sites (tertiary alicyclic amines) is 1. The number of carbonyl (C=O) groups excluding carboxylic acids is 1. The Hall–Kier alpha value is -2.02. The number of piperidine rings is 1. The number of benzene rings is 1. The van der Waals surface area contributed by atoms with Crippen molar-refractivity contribution in [3.63, 3.8) is 0 Å². The molecule has 0 aromatic heterocycles. The molecular formula is C17H24IN5O2. The van der Waals surface area contributed by atoms with Gasteiger partial charge in [0.25, 0.3) is 0 Å². The molecule has 0 saturated carbocycles. The molecule has 3 N–H and O–H groups in total. The van der Waals surface area contributed by atoms with Gasteiger partial charge < -0.3 is 20.7 Å². The normalized spacial score (nSPS) is 15.0. The average Bonchev–Trinajstić information content (AvgIpc) is 2.61. The van der Waals surface area contributed by atoms with Gasteiger partial charge in [-0.3, -0.25) is 0 Å².